The van der Waals surface area contributed by atoms with Crippen LogP contribution < -0.4 is 83.7 Å². The van der Waals surface area contributed by atoms with Gasteiger partial charge in [-0.3, -0.25) is 0 Å². The molecule has 72 valence electrons. The van der Waals surface area contributed by atoms with E-state index in [9.17, 15) is 0 Å². The van der Waals surface area contributed by atoms with Crippen molar-refractivity contribution >= 4 is 0 Å². The molecule has 0 atom stereocenters. The minimum absolute atomic E-state index is 0. The number of hydrogen-bond donors (Lipinski definition) is 0. The summed E-state index contributed by atoms with van der Waals surface area (Å²) in [5, 5.41) is 0. The average molecular weight is 406 g/mol. The van der Waals surface area contributed by atoms with Gasteiger partial charge in [0.15, 0.2) is 0 Å². The van der Waals surface area contributed by atoms with Crippen LogP contribution in [0.2, 0.25) is 0 Å². The van der Waals surface area contributed by atoms with Crippen LogP contribution in [0.5, 0.6) is 0 Å². The summed E-state index contributed by atoms with van der Waals surface area (Å²) in [5.74, 6) is 0. The van der Waals surface area contributed by atoms with Gasteiger partial charge in [-0.05, 0) is 0 Å². The van der Waals surface area contributed by atoms with Crippen LogP contribution in [-0.2, 0) is 48.9 Å². The zero-order valence-electron chi connectivity index (χ0n) is 5.47. The molecule has 0 aliphatic rings. The summed E-state index contributed by atoms with van der Waals surface area (Å²) in [6.45, 7) is 0. The normalized spacial score (nSPS) is 9.50. The molecule has 0 aromatic heterocycles. The number of halogens is 1. The topological polar surface area (TPSA) is 149 Å². The summed E-state index contributed by atoms with van der Waals surface area (Å²) in [7, 11) is 0. The molecular weight excluding hydrogens is 404 g/mol. The van der Waals surface area contributed by atoms with Crippen molar-refractivity contribution < 1.29 is 133 Å². The molecule has 12 heteroatoms. The summed E-state index contributed by atoms with van der Waals surface area (Å²) in [6.07, 6.45) is 0. The minimum atomic E-state index is -5.62. The summed E-state index contributed by atoms with van der Waals surface area (Å²) in [5.41, 5.74) is 0. The van der Waals surface area contributed by atoms with Crippen molar-refractivity contribution in [3.8, 4) is 0 Å². The van der Waals surface area contributed by atoms with Crippen molar-refractivity contribution in [1.82, 2.24) is 0 Å². The molecule has 0 aliphatic carbocycles. The third-order valence-electron chi connectivity index (χ3n) is 0. The second kappa shape index (κ2) is 9.67. The van der Waals surface area contributed by atoms with Crippen molar-refractivity contribution in [2.75, 3.05) is 0 Å². The molecule has 0 amide bonds. The molecule has 12 heavy (non-hydrogen) atoms. The van der Waals surface area contributed by atoms with Crippen molar-refractivity contribution in [2.24, 2.45) is 0 Å². The number of rotatable bonds is 0. The van der Waals surface area contributed by atoms with Crippen LogP contribution >= 0.6 is 0 Å². The second-order valence-corrected chi connectivity index (χ2v) is 3.12. The fourth-order valence-corrected chi connectivity index (χ4v) is 0. The molecule has 0 unspecified atom stereocenters. The Balaban J connectivity index is -0.0000000457. The van der Waals surface area contributed by atoms with Gasteiger partial charge in [0.2, 0.25) is 24.0 Å². The van der Waals surface area contributed by atoms with Crippen molar-refractivity contribution in [3.05, 3.63) is 0 Å². The van der Waals surface area contributed by atoms with Gasteiger partial charge in [-0.15, -0.1) is 0 Å². The standard InChI is InChI=1S/H2I.K.2Mn.8O/h1H2;;;;;;;;;;;/q2*+1;;;;;;;;;2*-1. The van der Waals surface area contributed by atoms with E-state index in [4.69, 9.17) is 31.4 Å². The van der Waals surface area contributed by atoms with E-state index in [1.165, 1.54) is 0 Å². The summed E-state index contributed by atoms with van der Waals surface area (Å²) >= 11 is -11.2. The Morgan fingerprint density at radius 3 is 0.667 bits per heavy atom. The van der Waals surface area contributed by atoms with Crippen molar-refractivity contribution in [1.29, 1.82) is 0 Å². The number of hydrogen-bond acceptors (Lipinski definition) is 8. The van der Waals surface area contributed by atoms with Gasteiger partial charge in [0, 0.05) is 0 Å². The Kier molecular flexibility index (Phi) is 19.1. The fraction of sp³-hybridized carbons (Fsp3) is 0. The molecule has 0 saturated heterocycles. The molecule has 0 heterocycles. The molecule has 0 fully saturated rings. The van der Waals surface area contributed by atoms with Crippen LogP contribution in [0.4, 0.5) is 0 Å². The molecule has 0 aliphatic heterocycles. The van der Waals surface area contributed by atoms with E-state index in [1.54, 1.807) is 0 Å². The van der Waals surface area contributed by atoms with Gasteiger partial charge >= 0.3 is 109 Å². The third-order valence-corrected chi connectivity index (χ3v) is 0. The monoisotopic (exact) mass is 406 g/mol. The zero-order chi connectivity index (χ0) is 9.00. The van der Waals surface area contributed by atoms with E-state index in [1.807, 2.05) is 0 Å². The Hall–Kier alpha value is 2.13. The average Bonchev–Trinajstić information content (AvgIpc) is 1.12. The molecule has 8 nitrogen and oxygen atoms in total. The summed E-state index contributed by atoms with van der Waals surface area (Å²) in [4.78, 5) is 0. The van der Waals surface area contributed by atoms with E-state index in [-0.39, 0.29) is 75.4 Å². The van der Waals surface area contributed by atoms with Crippen molar-refractivity contribution in [2.45, 2.75) is 0 Å². The predicted molar refractivity (Wildman–Crippen MR) is 6.91 cm³/mol. The van der Waals surface area contributed by atoms with Crippen LogP contribution in [0, 0.1) is 0 Å². The van der Waals surface area contributed by atoms with E-state index in [0.29, 0.717) is 0 Å². The zero-order valence-corrected chi connectivity index (χ0v) is 13.5. The Morgan fingerprint density at radius 1 is 0.667 bits per heavy atom. The first-order valence-corrected chi connectivity index (χ1v) is 5.09. The first-order chi connectivity index (χ1) is 4.00. The first-order valence-electron chi connectivity index (χ1n) is 1.23. The molecule has 0 bridgehead atoms. The molecular formula is H2IKMn2O8. The Labute approximate surface area is 130 Å². The van der Waals surface area contributed by atoms with Crippen molar-refractivity contribution in [3.63, 3.8) is 0 Å². The Bertz CT molecular complexity index is 301. The van der Waals surface area contributed by atoms with E-state index in [2.05, 4.69) is 0 Å². The van der Waals surface area contributed by atoms with Gasteiger partial charge in [-0.2, -0.15) is 0 Å². The van der Waals surface area contributed by atoms with Crippen LogP contribution in [0.3, 0.4) is 0 Å². The molecule has 0 spiro atoms. The van der Waals surface area contributed by atoms with Crippen LogP contribution in [0.1, 0.15) is 0 Å². The molecule has 0 N–H and O–H groups in total. The molecule has 0 saturated carbocycles. The molecule has 0 rings (SSSR count). The van der Waals surface area contributed by atoms with Crippen LogP contribution in [0.25, 0.3) is 0 Å². The third kappa shape index (κ3) is 332. The van der Waals surface area contributed by atoms with E-state index in [0.717, 1.165) is 0 Å². The van der Waals surface area contributed by atoms with Crippen LogP contribution in [-0.4, -0.2) is 0 Å². The van der Waals surface area contributed by atoms with E-state index >= 15 is 0 Å². The predicted octanol–water partition coefficient (Wildman–Crippen LogP) is -9.62. The Morgan fingerprint density at radius 2 is 0.667 bits per heavy atom. The maximum atomic E-state index is 8.58. The summed E-state index contributed by atoms with van der Waals surface area (Å²) in [6, 6.07) is 0. The molecule has 0 radical (unpaired) electrons. The SMILES string of the molecule is [IH2+].[K+].[O]=[Mn](=[O])(=[O])[O-].[O]=[Mn](=[O])(=[O])[O-]. The van der Waals surface area contributed by atoms with E-state index < -0.39 is 25.9 Å². The van der Waals surface area contributed by atoms with Gasteiger partial charge in [0.25, 0.3) is 0 Å². The van der Waals surface area contributed by atoms with Crippen LogP contribution in [0.15, 0.2) is 0 Å². The maximum absolute atomic E-state index is 8.58. The quantitative estimate of drug-likeness (QED) is 0.285. The molecule has 0 aromatic carbocycles. The first kappa shape index (κ1) is 23.7. The molecule has 0 aromatic rings. The van der Waals surface area contributed by atoms with Gasteiger partial charge in [-0.25, -0.2) is 0 Å². The summed E-state index contributed by atoms with van der Waals surface area (Å²) < 4.78 is 68.6. The second-order valence-electron chi connectivity index (χ2n) is 0.756. The van der Waals surface area contributed by atoms with Gasteiger partial charge in [0.1, 0.15) is 0 Å². The van der Waals surface area contributed by atoms with Gasteiger partial charge < -0.3 is 0 Å². The van der Waals surface area contributed by atoms with Gasteiger partial charge in [0.05, 0.1) is 0 Å². The fourth-order valence-electron chi connectivity index (χ4n) is 0. The van der Waals surface area contributed by atoms with Gasteiger partial charge in [-0.1, -0.05) is 0 Å².